The predicted octanol–water partition coefficient (Wildman–Crippen LogP) is -8.85. The summed E-state index contributed by atoms with van der Waals surface area (Å²) < 4.78 is 145. The molecule has 2 unspecified atom stereocenters. The van der Waals surface area contributed by atoms with Gasteiger partial charge in [0.05, 0.1) is 138 Å². The van der Waals surface area contributed by atoms with E-state index < -0.39 is 276 Å². The number of phosphoric ester groups is 2. The number of hydrogen-bond acceptors (Lipinski definition) is 48. The molecule has 1 aromatic heterocycles. The van der Waals surface area contributed by atoms with Crippen LogP contribution in [0.15, 0.2) is 15.8 Å². The first-order chi connectivity index (χ1) is 64.6. The van der Waals surface area contributed by atoms with Gasteiger partial charge < -0.3 is 215 Å². The summed E-state index contributed by atoms with van der Waals surface area (Å²) in [7, 11) is -9.11. The summed E-state index contributed by atoms with van der Waals surface area (Å²) in [4.78, 5) is 62.7. The summed E-state index contributed by atoms with van der Waals surface area (Å²) in [5, 5.41) is 209. The second-order valence-electron chi connectivity index (χ2n) is 36.0. The number of aryl methyl sites for hydroxylation is 1. The van der Waals surface area contributed by atoms with E-state index in [1.807, 2.05) is 0 Å². The second-order valence-corrected chi connectivity index (χ2v) is 38.8. The van der Waals surface area contributed by atoms with Crippen molar-refractivity contribution in [3.8, 4) is 0 Å². The smallest absolute Gasteiger partial charge is 0.330 e. The standard InChI is InChI=1S/C46H81N3O18P2.C36H60O30/c1-36-34-49(45(53)48-44(36)52)43-29-40(50)41(67-43)35-66-69(56,57)65-25-23-62-21-19-60-17-15-58-14-16-59-18-20-61-22-24-64-68(54,55)63-13-11-9-7-5-3-2-4-6-8-10-12-47-42(51)33-46-30-37-26-38(31-46)28-39(27-37)32-46;37-1-7-25-13(43)19(49)31(55-7)62-26-8(2-38)57-33(21(51)15(26)45)64-28-10(4-40)59-35(23(53)17(28)47)66-30-12(6-42)60-36(24(54)18(30)48)65-29-11(5-41)58-34(22(52)16(29)46)63-27-9(3-39)56-32(61-25)20(50)14(27)44/h34,37-41,43,50H,2-33,35H2,1H3,(H,47,51)(H,54,55)(H,56,57)(H,48,52,53);7-54H,1-6H2/p-2/t37?,38?,39?,40-,41+,43+,46?;7-,8-,9-,10-,11-,12-,13-,14-,15-,16-,17-,18-,19-,20-,21-,22-,23-,24-,25-,26-,27-,28-,29-,30-,31-,32-,33-,34-,35-,36-/m01/s1. The quantitative estimate of drug-likeness (QED) is 0.0213. The zero-order valence-corrected chi connectivity index (χ0v) is 76.9. The number of carbonyl (C=O) groups is 1. The van der Waals surface area contributed by atoms with Crippen LogP contribution in [0.1, 0.15) is 127 Å². The Morgan fingerprint density at radius 1 is 0.385 bits per heavy atom. The molecule has 53 heteroatoms. The van der Waals surface area contributed by atoms with Gasteiger partial charge in [-0.15, -0.1) is 0 Å². The van der Waals surface area contributed by atoms with E-state index in [1.54, 1.807) is 0 Å². The van der Waals surface area contributed by atoms with Crippen molar-refractivity contribution in [3.63, 3.8) is 0 Å². The highest BCUT2D eigenvalue weighted by molar-refractivity contribution is 7.46. The highest BCUT2D eigenvalue weighted by Crippen LogP contribution is 2.61. The molecule has 1 amide bonds. The van der Waals surface area contributed by atoms with Gasteiger partial charge in [0.15, 0.2) is 37.7 Å². The number of carbonyl (C=O) groups excluding carboxylic acids is 1. The Hall–Kier alpha value is -3.11. The van der Waals surface area contributed by atoms with Crippen LogP contribution in [-0.4, -0.2) is 448 Å². The lowest BCUT2D eigenvalue weighted by Crippen LogP contribution is -2.69. The molecular formula is C82H139N3O48P2-2. The van der Waals surface area contributed by atoms with Gasteiger partial charge in [-0.05, 0) is 81.5 Å². The number of unbranched alkanes of at least 4 members (excludes halogenated alkanes) is 9. The first kappa shape index (κ1) is 112. The zero-order chi connectivity index (χ0) is 97.4. The summed E-state index contributed by atoms with van der Waals surface area (Å²) in [5.41, 5.74) is -0.673. The highest BCUT2D eigenvalue weighted by atomic mass is 31.2. The van der Waals surface area contributed by atoms with Crippen molar-refractivity contribution >= 4 is 21.6 Å². The molecule has 23 saturated heterocycles. The molecule has 51 nitrogen and oxygen atoms in total. The van der Waals surface area contributed by atoms with Gasteiger partial charge in [0.2, 0.25) is 5.91 Å². The number of aliphatic hydroxyl groups excluding tert-OH is 19. The lowest BCUT2D eigenvalue weighted by molar-refractivity contribution is -0.404. The topological polar surface area (TPSA) is 752 Å². The van der Waals surface area contributed by atoms with Crippen LogP contribution in [0.25, 0.3) is 0 Å². The van der Waals surface area contributed by atoms with Gasteiger partial charge in [-0.25, -0.2) is 4.79 Å². The Balaban J connectivity index is 0.000000260. The summed E-state index contributed by atoms with van der Waals surface area (Å²) >= 11 is 0. The van der Waals surface area contributed by atoms with Crippen LogP contribution < -0.4 is 26.4 Å². The fraction of sp³-hybridized carbons (Fsp3) is 0.939. The van der Waals surface area contributed by atoms with E-state index in [1.165, 1.54) is 77.3 Å². The van der Waals surface area contributed by atoms with Crippen LogP contribution in [0, 0.1) is 30.1 Å². The Kier molecular flexibility index (Phi) is 45.0. The number of phosphoric acid groups is 2. The first-order valence-corrected chi connectivity index (χ1v) is 49.2. The van der Waals surface area contributed by atoms with Crippen molar-refractivity contribution in [1.82, 2.24) is 14.9 Å². The molecule has 4 saturated carbocycles. The third-order valence-corrected chi connectivity index (χ3v) is 28.0. The maximum absolute atomic E-state index is 12.7. The molecule has 135 heavy (non-hydrogen) atoms. The predicted molar refractivity (Wildman–Crippen MR) is 444 cm³/mol. The Morgan fingerprint density at radius 2 is 0.667 bits per heavy atom. The normalized spacial score (nSPS) is 40.3. The third-order valence-electron chi connectivity index (χ3n) is 26.0. The molecule has 24 heterocycles. The molecule has 21 N–H and O–H groups in total. The van der Waals surface area contributed by atoms with Crippen LogP contribution in [0.4, 0.5) is 0 Å². The van der Waals surface area contributed by atoms with E-state index in [0.717, 1.165) is 67.4 Å². The Labute approximate surface area is 777 Å². The molecule has 0 radical (unpaired) electrons. The van der Waals surface area contributed by atoms with Gasteiger partial charge in [0.1, 0.15) is 159 Å². The van der Waals surface area contributed by atoms with Gasteiger partial charge in [0.25, 0.3) is 21.2 Å². The van der Waals surface area contributed by atoms with E-state index >= 15 is 0 Å². The van der Waals surface area contributed by atoms with E-state index in [9.17, 15) is 130 Å². The number of nitrogens with zero attached hydrogens (tertiary/aromatic N) is 1. The average molecular weight is 2000 g/mol. The maximum Gasteiger partial charge on any atom is 0.330 e. The zero-order valence-electron chi connectivity index (χ0n) is 75.1. The minimum Gasteiger partial charge on any atom is -0.756 e. The number of rotatable bonds is 46. The number of hydrogen-bond donors (Lipinski definition) is 21. The van der Waals surface area contributed by atoms with Crippen LogP contribution in [-0.2, 0) is 117 Å². The lowest BCUT2D eigenvalue weighted by Gasteiger charge is -2.56. The number of ether oxygens (including phenoxy) is 18. The Bertz CT molecular complexity index is 3530. The lowest BCUT2D eigenvalue weighted by atomic mass is 9.49. The SMILES string of the molecule is Cc1cn([C@H]2C[C@H](O)[C@@H](COP(=O)([O-])OCCOCCOCCOCCOCCOCCOP(=O)([O-])OCCCCCCCCCCCCNC(=O)CC34CC5CC(CC(C5)C3)C4)O2)c(=O)[nH]c1=O.OC[C@H]1O[C@@H]2O[C@H]3[C@H](O)[C@@H](O)[C@@H](O[C@H]4[C@H](O)[C@@H](O)[C@@H](O[C@H]5[C@H](O)[C@@H](O)[C@@H](O[C@H]6[C@H](O)[C@@H](O)[C@@H](O[C@H]7[C@H](O)[C@@H](O)[C@@H](O[C@H]1[C@H](O)[C@H]2O)O[C@@H]7CO)O[C@@H]6CO)O[C@@H]5CO)O[C@@H]4CO)O[C@@H]3CO. The van der Waals surface area contributed by atoms with Crippen LogP contribution in [0.2, 0.25) is 0 Å². The molecule has 16 bridgehead atoms. The van der Waals surface area contributed by atoms with Crippen LogP contribution in [0.5, 0.6) is 0 Å². The van der Waals surface area contributed by atoms with Crippen molar-refractivity contribution in [2.24, 2.45) is 23.2 Å². The van der Waals surface area contributed by atoms with E-state index in [4.69, 9.17) is 103 Å². The van der Waals surface area contributed by atoms with Crippen molar-refractivity contribution in [2.75, 3.05) is 139 Å². The second kappa shape index (κ2) is 54.2. The molecule has 0 spiro atoms. The number of aromatic nitrogens is 2. The van der Waals surface area contributed by atoms with Crippen LogP contribution in [0.3, 0.4) is 0 Å². The fourth-order valence-corrected chi connectivity index (χ4v) is 20.8. The van der Waals surface area contributed by atoms with Gasteiger partial charge in [-0.2, -0.15) is 0 Å². The summed E-state index contributed by atoms with van der Waals surface area (Å²) in [6.07, 6.45) is -40.7. The van der Waals surface area contributed by atoms with E-state index in [2.05, 4.69) is 10.3 Å². The molecule has 35 atom stereocenters. The molecule has 27 fully saturated rings. The number of amides is 1. The summed E-state index contributed by atoms with van der Waals surface area (Å²) in [6, 6.07) is 0. The van der Waals surface area contributed by atoms with Crippen molar-refractivity contribution in [3.05, 3.63) is 32.6 Å². The maximum atomic E-state index is 12.7. The van der Waals surface area contributed by atoms with Crippen molar-refractivity contribution < 1.29 is 224 Å². The summed E-state index contributed by atoms with van der Waals surface area (Å²) in [5.74, 6) is 2.93. The average Bonchev–Trinajstić information content (AvgIpc) is 0.813. The fourth-order valence-electron chi connectivity index (χ4n) is 19.4. The van der Waals surface area contributed by atoms with Gasteiger partial charge in [-0.1, -0.05) is 51.4 Å². The molecule has 782 valence electrons. The molecule has 0 aromatic carbocycles. The number of H-pyrrole nitrogens is 1. The highest BCUT2D eigenvalue weighted by Gasteiger charge is 2.60. The van der Waals surface area contributed by atoms with E-state index in [-0.39, 0.29) is 70.7 Å². The molecule has 4 aliphatic carbocycles. The minimum absolute atomic E-state index is 0.0138. The number of nitrogens with one attached hydrogen (secondary N) is 2. The molecule has 1 aromatic rings. The van der Waals surface area contributed by atoms with Gasteiger partial charge in [-0.3, -0.25) is 28.3 Å². The number of aromatic amines is 1. The number of aliphatic hydroxyl groups is 19. The van der Waals surface area contributed by atoms with Crippen LogP contribution >= 0.6 is 15.6 Å². The third kappa shape index (κ3) is 31.0. The largest absolute Gasteiger partial charge is 0.756 e. The van der Waals surface area contributed by atoms with Gasteiger partial charge in [0, 0.05) is 31.1 Å². The molecular weight excluding hydrogens is 1860 g/mol. The first-order valence-electron chi connectivity index (χ1n) is 46.3. The molecule has 28 rings (SSSR count). The van der Waals surface area contributed by atoms with Crippen molar-refractivity contribution in [1.29, 1.82) is 0 Å². The molecule has 27 aliphatic rings. The van der Waals surface area contributed by atoms with E-state index in [0.29, 0.717) is 44.9 Å². The Morgan fingerprint density at radius 3 is 0.978 bits per heavy atom. The van der Waals surface area contributed by atoms with Gasteiger partial charge >= 0.3 is 5.69 Å². The van der Waals surface area contributed by atoms with Crippen molar-refractivity contribution in [2.45, 2.75) is 325 Å². The monoisotopic (exact) mass is 2000 g/mol. The molecule has 23 aliphatic heterocycles. The summed E-state index contributed by atoms with van der Waals surface area (Å²) in [6.45, 7) is -2.28. The minimum atomic E-state index is -4.74.